The van der Waals surface area contributed by atoms with Gasteiger partial charge in [-0.1, -0.05) is 60.7 Å². The molecule has 1 amide bonds. The minimum Gasteiger partial charge on any atom is -0.325 e. The van der Waals surface area contributed by atoms with E-state index >= 15 is 0 Å². The van der Waals surface area contributed by atoms with E-state index in [-0.39, 0.29) is 11.3 Å². The average Bonchev–Trinajstić information content (AvgIpc) is 3.02. The number of anilines is 1. The topological polar surface area (TPSA) is 67.8 Å². The van der Waals surface area contributed by atoms with Gasteiger partial charge >= 0.3 is 5.97 Å². The van der Waals surface area contributed by atoms with E-state index in [9.17, 15) is 9.59 Å². The van der Waals surface area contributed by atoms with E-state index in [2.05, 4.69) is 31.2 Å². The van der Waals surface area contributed by atoms with Crippen LogP contribution in [0.1, 0.15) is 50.4 Å². The molecule has 0 saturated heterocycles. The van der Waals surface area contributed by atoms with Gasteiger partial charge < -0.3 is 10.2 Å². The molecule has 168 valence electrons. The molecular weight excluding hydrogens is 471 g/mol. The van der Waals surface area contributed by atoms with Gasteiger partial charge in [0.25, 0.3) is 0 Å². The zero-order chi connectivity index (χ0) is 23.3. The highest BCUT2D eigenvalue weighted by Crippen LogP contribution is 2.71. The lowest BCUT2D eigenvalue weighted by Gasteiger charge is -2.39. The molecule has 2 aliphatic carbocycles. The van der Waals surface area contributed by atoms with Crippen molar-refractivity contribution >= 4 is 58.1 Å². The van der Waals surface area contributed by atoms with E-state index in [1.807, 2.05) is 0 Å². The molecule has 0 aromatic heterocycles. The monoisotopic (exact) mass is 492 g/mol. The third kappa shape index (κ3) is 3.60. The fraction of sp³-hybridized carbons (Fsp3) is 0.375. The average molecular weight is 494 g/mol. The molecular formula is C24H23Cl3N2O3. The maximum atomic E-state index is 13.5. The number of nitrogens with one attached hydrogen (secondary N) is 1. The van der Waals surface area contributed by atoms with Crippen LogP contribution in [0, 0.1) is 16.2 Å². The first kappa shape index (κ1) is 23.1. The van der Waals surface area contributed by atoms with Crippen LogP contribution in [0.4, 0.5) is 5.69 Å². The maximum absolute atomic E-state index is 13.5. The van der Waals surface area contributed by atoms with E-state index in [1.54, 1.807) is 42.5 Å². The van der Waals surface area contributed by atoms with E-state index in [4.69, 9.17) is 39.6 Å². The summed E-state index contributed by atoms with van der Waals surface area (Å²) in [6.45, 7) is 6.24. The fourth-order valence-electron chi connectivity index (χ4n) is 5.13. The third-order valence-electron chi connectivity index (χ3n) is 7.61. The molecule has 0 spiro atoms. The van der Waals surface area contributed by atoms with Crippen molar-refractivity contribution in [1.29, 1.82) is 0 Å². The summed E-state index contributed by atoms with van der Waals surface area (Å²) < 4.78 is 0. The number of amides is 1. The highest BCUT2D eigenvalue weighted by Gasteiger charge is 2.71. The number of carbonyl (C=O) groups excluding carboxylic acids is 2. The first-order valence-electron chi connectivity index (χ1n) is 10.3. The minimum atomic E-state index is -0.692. The number of nitrogens with zero attached hydrogens (tertiary/aromatic N) is 1. The smallest absolute Gasteiger partial charge is 0.325 e. The minimum absolute atomic E-state index is 0.112. The molecule has 5 nitrogen and oxygen atoms in total. The van der Waals surface area contributed by atoms with Crippen molar-refractivity contribution < 1.29 is 14.4 Å². The molecule has 32 heavy (non-hydrogen) atoms. The Bertz CT molecular complexity index is 1110. The number of hydrogen-bond donors (Lipinski definition) is 1. The summed E-state index contributed by atoms with van der Waals surface area (Å²) in [6, 6.07) is 11.4. The quantitative estimate of drug-likeness (QED) is 0.368. The summed E-state index contributed by atoms with van der Waals surface area (Å²) in [5, 5.41) is 8.66. The number of oxime groups is 1. The SMILES string of the molecule is CC12CCC(C(=O)Nc3cc(Cl)cc(Cl)c3)(CC1=NOC(=O)c1ccc(Cl)cc1)C2(C)C. The number of benzene rings is 2. The number of hydrogen-bond acceptors (Lipinski definition) is 4. The normalized spacial score (nSPS) is 26.9. The van der Waals surface area contributed by atoms with Crippen LogP contribution >= 0.6 is 34.8 Å². The second-order valence-electron chi connectivity index (χ2n) is 9.25. The second-order valence-corrected chi connectivity index (χ2v) is 10.6. The fourth-order valence-corrected chi connectivity index (χ4v) is 5.79. The van der Waals surface area contributed by atoms with Crippen LogP contribution in [0.3, 0.4) is 0 Å². The van der Waals surface area contributed by atoms with Crippen molar-refractivity contribution in [1.82, 2.24) is 0 Å². The molecule has 0 radical (unpaired) electrons. The van der Waals surface area contributed by atoms with Crippen molar-refractivity contribution in [2.45, 2.75) is 40.0 Å². The van der Waals surface area contributed by atoms with Crippen LogP contribution in [0.5, 0.6) is 0 Å². The summed E-state index contributed by atoms with van der Waals surface area (Å²) in [5.41, 5.74) is 0.147. The molecule has 4 rings (SSSR count). The van der Waals surface area contributed by atoms with Gasteiger partial charge in [-0.25, -0.2) is 4.79 Å². The van der Waals surface area contributed by atoms with E-state index in [0.717, 1.165) is 12.1 Å². The molecule has 2 aliphatic rings. The molecule has 2 saturated carbocycles. The zero-order valence-corrected chi connectivity index (χ0v) is 20.2. The Morgan fingerprint density at radius 2 is 1.56 bits per heavy atom. The molecule has 1 N–H and O–H groups in total. The molecule has 2 aromatic carbocycles. The van der Waals surface area contributed by atoms with Crippen LogP contribution in [0.15, 0.2) is 47.6 Å². The van der Waals surface area contributed by atoms with Gasteiger partial charge in [-0.15, -0.1) is 0 Å². The van der Waals surface area contributed by atoms with E-state index < -0.39 is 16.8 Å². The van der Waals surface area contributed by atoms with Gasteiger partial charge in [0.15, 0.2) is 0 Å². The zero-order valence-electron chi connectivity index (χ0n) is 18.0. The second kappa shape index (κ2) is 8.05. The molecule has 8 heteroatoms. The Morgan fingerprint density at radius 1 is 0.938 bits per heavy atom. The van der Waals surface area contributed by atoms with Crippen molar-refractivity contribution in [3.8, 4) is 0 Å². The highest BCUT2D eigenvalue weighted by atomic mass is 35.5. The largest absolute Gasteiger partial charge is 0.365 e. The van der Waals surface area contributed by atoms with Crippen LogP contribution in [-0.2, 0) is 9.63 Å². The van der Waals surface area contributed by atoms with Gasteiger partial charge in [0, 0.05) is 32.6 Å². The van der Waals surface area contributed by atoms with Crippen molar-refractivity contribution in [2.24, 2.45) is 21.4 Å². The lowest BCUT2D eigenvalue weighted by molar-refractivity contribution is -0.130. The van der Waals surface area contributed by atoms with Gasteiger partial charge in [-0.3, -0.25) is 4.79 Å². The molecule has 2 aromatic rings. The molecule has 2 bridgehead atoms. The Morgan fingerprint density at radius 3 is 2.19 bits per heavy atom. The van der Waals surface area contributed by atoms with Crippen molar-refractivity contribution in [3.63, 3.8) is 0 Å². The standard InChI is InChI=1S/C24H23Cl3N2O3/c1-22(2)23(3)8-9-24(22,21(31)28-18-11-16(26)10-17(27)12-18)13-19(23)29-32-20(30)14-4-6-15(25)7-5-14/h4-7,10-12H,8-9,13H2,1-3H3,(H,28,31). The third-order valence-corrected chi connectivity index (χ3v) is 8.30. The number of carbonyl (C=O) groups is 2. The summed E-state index contributed by atoms with van der Waals surface area (Å²) in [7, 11) is 0. The van der Waals surface area contributed by atoms with Gasteiger partial charge in [0.05, 0.1) is 16.7 Å². The Labute approximate surface area is 202 Å². The van der Waals surface area contributed by atoms with Crippen LogP contribution in [-0.4, -0.2) is 17.6 Å². The summed E-state index contributed by atoms with van der Waals surface area (Å²) >= 11 is 18.1. The predicted molar refractivity (Wildman–Crippen MR) is 128 cm³/mol. The Balaban J connectivity index is 1.59. The van der Waals surface area contributed by atoms with E-state index in [0.29, 0.717) is 39.2 Å². The Kier molecular flexibility index (Phi) is 5.81. The van der Waals surface area contributed by atoms with Crippen LogP contribution in [0.2, 0.25) is 15.1 Å². The van der Waals surface area contributed by atoms with Gasteiger partial charge in [0.1, 0.15) is 0 Å². The molecule has 2 atom stereocenters. The molecule has 2 unspecified atom stereocenters. The Hall–Kier alpha value is -2.08. The van der Waals surface area contributed by atoms with Crippen LogP contribution < -0.4 is 5.32 Å². The van der Waals surface area contributed by atoms with E-state index in [1.165, 1.54) is 0 Å². The maximum Gasteiger partial charge on any atom is 0.365 e. The van der Waals surface area contributed by atoms with Crippen LogP contribution in [0.25, 0.3) is 0 Å². The summed E-state index contributed by atoms with van der Waals surface area (Å²) in [6.07, 6.45) is 1.88. The summed E-state index contributed by atoms with van der Waals surface area (Å²) in [4.78, 5) is 31.2. The summed E-state index contributed by atoms with van der Waals surface area (Å²) in [5.74, 6) is -0.677. The lowest BCUT2D eigenvalue weighted by Crippen LogP contribution is -2.43. The first-order valence-corrected chi connectivity index (χ1v) is 11.4. The van der Waals surface area contributed by atoms with Gasteiger partial charge in [-0.2, -0.15) is 0 Å². The van der Waals surface area contributed by atoms with Crippen molar-refractivity contribution in [3.05, 3.63) is 63.1 Å². The van der Waals surface area contributed by atoms with Gasteiger partial charge in [0.2, 0.25) is 5.91 Å². The highest BCUT2D eigenvalue weighted by molar-refractivity contribution is 6.35. The van der Waals surface area contributed by atoms with Crippen molar-refractivity contribution in [2.75, 3.05) is 5.32 Å². The predicted octanol–water partition coefficient (Wildman–Crippen LogP) is 7.01. The lowest BCUT2D eigenvalue weighted by atomic mass is 9.64. The number of halogens is 3. The number of fused-ring (bicyclic) bond motifs is 2. The number of rotatable bonds is 4. The molecule has 2 fully saturated rings. The van der Waals surface area contributed by atoms with Gasteiger partial charge in [-0.05, 0) is 60.7 Å². The first-order chi connectivity index (χ1) is 15.0. The molecule has 0 heterocycles. The molecule has 0 aliphatic heterocycles.